The van der Waals surface area contributed by atoms with Crippen LogP contribution in [0.25, 0.3) is 11.0 Å². The van der Waals surface area contributed by atoms with Gasteiger partial charge >= 0.3 is 0 Å². The number of fused-ring (bicyclic) bond motifs is 1. The van der Waals surface area contributed by atoms with Crippen molar-refractivity contribution in [3.05, 3.63) is 23.8 Å². The van der Waals surface area contributed by atoms with Crippen LogP contribution in [0.15, 0.2) is 18.2 Å². The van der Waals surface area contributed by atoms with Gasteiger partial charge in [-0.05, 0) is 43.9 Å². The molecule has 30 heavy (non-hydrogen) atoms. The van der Waals surface area contributed by atoms with Crippen LogP contribution in [0, 0.1) is 5.92 Å². The van der Waals surface area contributed by atoms with Crippen LogP contribution in [0.4, 0.5) is 5.95 Å². The van der Waals surface area contributed by atoms with Gasteiger partial charge in [0.15, 0.2) is 0 Å². The summed E-state index contributed by atoms with van der Waals surface area (Å²) in [4.78, 5) is 19.6. The second kappa shape index (κ2) is 9.35. The molecule has 2 atom stereocenters. The monoisotopic (exact) mass is 414 g/mol. The molecule has 3 N–H and O–H groups in total. The van der Waals surface area contributed by atoms with Crippen molar-refractivity contribution in [3.8, 4) is 0 Å². The van der Waals surface area contributed by atoms with E-state index in [-0.39, 0.29) is 18.4 Å². The second-order valence-corrected chi connectivity index (χ2v) is 8.78. The molecule has 1 aromatic heterocycles. The summed E-state index contributed by atoms with van der Waals surface area (Å²) in [6, 6.07) is 6.20. The molecule has 7 nitrogen and oxygen atoms in total. The molecule has 7 heteroatoms. The fourth-order valence-electron chi connectivity index (χ4n) is 4.86. The predicted molar refractivity (Wildman–Crippen MR) is 118 cm³/mol. The quantitative estimate of drug-likeness (QED) is 0.676. The highest BCUT2D eigenvalue weighted by atomic mass is 16.3. The van der Waals surface area contributed by atoms with Gasteiger partial charge in [-0.3, -0.25) is 4.79 Å². The molecule has 0 radical (unpaired) electrons. The first kappa shape index (κ1) is 21.1. The number of hydrogen-bond donors (Lipinski definition) is 3. The van der Waals surface area contributed by atoms with Gasteiger partial charge in [-0.2, -0.15) is 0 Å². The van der Waals surface area contributed by atoms with Gasteiger partial charge in [0, 0.05) is 43.8 Å². The number of aromatic nitrogens is 2. The number of amides is 1. The number of hydrogen-bond acceptors (Lipinski definition) is 5. The molecule has 1 aromatic carbocycles. The van der Waals surface area contributed by atoms with E-state index in [9.17, 15) is 15.0 Å². The number of aliphatic hydroxyl groups excluding tert-OH is 2. The fraction of sp³-hybridized carbons (Fsp3) is 0.652. The number of carbonyl (C=O) groups excluding carboxylic acids is 1. The first-order valence-electron chi connectivity index (χ1n) is 11.5. The van der Waals surface area contributed by atoms with Gasteiger partial charge in [0.1, 0.15) is 0 Å². The number of nitrogens with zero attached hydrogens (tertiary/aromatic N) is 3. The minimum atomic E-state index is -0.557. The molecule has 0 spiro atoms. The lowest BCUT2D eigenvalue weighted by Gasteiger charge is -2.37. The summed E-state index contributed by atoms with van der Waals surface area (Å²) >= 11 is 0. The van der Waals surface area contributed by atoms with E-state index in [1.54, 1.807) is 0 Å². The second-order valence-electron chi connectivity index (χ2n) is 8.78. The molecule has 2 aromatic rings. The van der Waals surface area contributed by atoms with Crippen LogP contribution in [0.2, 0.25) is 0 Å². The van der Waals surface area contributed by atoms with E-state index in [1.165, 1.54) is 19.3 Å². The van der Waals surface area contributed by atoms with Crippen molar-refractivity contribution in [2.45, 2.75) is 64.0 Å². The topological polar surface area (TPSA) is 90.6 Å². The molecule has 164 valence electrons. The minimum absolute atomic E-state index is 0.0181. The summed E-state index contributed by atoms with van der Waals surface area (Å²) in [6.07, 6.45) is 7.07. The molecular weight excluding hydrogens is 380 g/mol. The number of piperidine rings is 1. The third-order valence-electron chi connectivity index (χ3n) is 6.65. The Morgan fingerprint density at radius 2 is 2.03 bits per heavy atom. The van der Waals surface area contributed by atoms with Gasteiger partial charge in [0.25, 0.3) is 5.91 Å². The maximum Gasteiger partial charge on any atom is 0.251 e. The van der Waals surface area contributed by atoms with Crippen molar-refractivity contribution in [1.82, 2.24) is 14.9 Å². The van der Waals surface area contributed by atoms with E-state index >= 15 is 0 Å². The van der Waals surface area contributed by atoms with Crippen molar-refractivity contribution in [2.24, 2.45) is 5.92 Å². The lowest BCUT2D eigenvalue weighted by atomic mass is 9.94. The van der Waals surface area contributed by atoms with E-state index < -0.39 is 6.10 Å². The minimum Gasteiger partial charge on any atom is -0.396 e. The molecular formula is C23H34N4O3. The Morgan fingerprint density at radius 3 is 2.73 bits per heavy atom. The van der Waals surface area contributed by atoms with E-state index in [1.807, 2.05) is 25.1 Å². The van der Waals surface area contributed by atoms with Crippen molar-refractivity contribution < 1.29 is 15.0 Å². The van der Waals surface area contributed by atoms with Crippen LogP contribution < -0.4 is 10.2 Å². The van der Waals surface area contributed by atoms with Gasteiger partial charge in [-0.15, -0.1) is 0 Å². The molecule has 2 aliphatic rings. The van der Waals surface area contributed by atoms with Crippen molar-refractivity contribution in [3.63, 3.8) is 0 Å². The Bertz CT molecular complexity index is 875. The summed E-state index contributed by atoms with van der Waals surface area (Å²) in [7, 11) is 0. The Morgan fingerprint density at radius 1 is 1.23 bits per heavy atom. The smallest absolute Gasteiger partial charge is 0.251 e. The molecule has 1 aliphatic carbocycles. The lowest BCUT2D eigenvalue weighted by Crippen LogP contribution is -2.46. The van der Waals surface area contributed by atoms with Crippen molar-refractivity contribution >= 4 is 22.9 Å². The largest absolute Gasteiger partial charge is 0.396 e. The normalized spacial score (nSPS) is 23.1. The number of aliphatic hydroxyl groups is 2. The van der Waals surface area contributed by atoms with Crippen molar-refractivity contribution in [2.75, 3.05) is 31.1 Å². The van der Waals surface area contributed by atoms with E-state index in [2.05, 4.69) is 14.8 Å². The van der Waals surface area contributed by atoms with Crippen LogP contribution in [-0.4, -0.2) is 58.0 Å². The maximum absolute atomic E-state index is 12.4. The Kier molecular flexibility index (Phi) is 6.58. The van der Waals surface area contributed by atoms with Gasteiger partial charge in [0.2, 0.25) is 5.95 Å². The number of nitrogens with one attached hydrogen (secondary N) is 1. The highest BCUT2D eigenvalue weighted by Crippen LogP contribution is 2.36. The first-order valence-corrected chi connectivity index (χ1v) is 11.5. The molecule has 0 bridgehead atoms. The summed E-state index contributed by atoms with van der Waals surface area (Å²) in [5.74, 6) is 0.757. The molecule has 2 heterocycles. The van der Waals surface area contributed by atoms with Gasteiger partial charge in [-0.1, -0.05) is 26.2 Å². The van der Waals surface area contributed by atoms with Gasteiger partial charge < -0.3 is 25.0 Å². The Hall–Kier alpha value is -2.12. The van der Waals surface area contributed by atoms with Crippen LogP contribution in [0.5, 0.6) is 0 Å². The van der Waals surface area contributed by atoms with Gasteiger partial charge in [0.05, 0.1) is 17.1 Å². The zero-order chi connectivity index (χ0) is 21.1. The lowest BCUT2D eigenvalue weighted by molar-refractivity contribution is 0.0541. The third kappa shape index (κ3) is 4.18. The fourth-order valence-corrected chi connectivity index (χ4v) is 4.86. The van der Waals surface area contributed by atoms with Crippen LogP contribution in [-0.2, 0) is 0 Å². The Labute approximate surface area is 178 Å². The number of benzene rings is 1. The standard InChI is InChI=1S/C23H34N4O3/c1-2-11-24-22(30)16-8-9-20-19(13-16)25-23(27(20)18-6-4-3-5-7-18)26-12-10-17(15-28)21(29)14-26/h8-9,13,17-18,21,28-29H,2-7,10-12,14-15H2,1H3,(H,24,30). The number of β-amino-alcohol motifs (C(OH)–C–C–N with tert-alkyl or cyclic N) is 1. The molecule has 1 aliphatic heterocycles. The molecule has 2 fully saturated rings. The third-order valence-corrected chi connectivity index (χ3v) is 6.65. The molecule has 2 unspecified atom stereocenters. The highest BCUT2D eigenvalue weighted by Gasteiger charge is 2.31. The van der Waals surface area contributed by atoms with Gasteiger partial charge in [-0.25, -0.2) is 4.98 Å². The molecule has 1 saturated heterocycles. The number of imidazole rings is 1. The van der Waals surface area contributed by atoms with Crippen LogP contribution >= 0.6 is 0 Å². The van der Waals surface area contributed by atoms with Crippen LogP contribution in [0.1, 0.15) is 68.3 Å². The van der Waals surface area contributed by atoms with E-state index in [0.717, 1.165) is 49.2 Å². The number of carbonyl (C=O) groups is 1. The molecule has 1 saturated carbocycles. The summed E-state index contributed by atoms with van der Waals surface area (Å²) in [5.41, 5.74) is 2.52. The predicted octanol–water partition coefficient (Wildman–Crippen LogP) is 2.86. The maximum atomic E-state index is 12.4. The van der Waals surface area contributed by atoms with Crippen molar-refractivity contribution in [1.29, 1.82) is 0 Å². The zero-order valence-electron chi connectivity index (χ0n) is 17.9. The Balaban J connectivity index is 1.70. The number of rotatable bonds is 6. The van der Waals surface area contributed by atoms with Crippen LogP contribution in [0.3, 0.4) is 0 Å². The van der Waals surface area contributed by atoms with E-state index in [0.29, 0.717) is 24.7 Å². The number of anilines is 1. The summed E-state index contributed by atoms with van der Waals surface area (Å²) < 4.78 is 2.34. The SMILES string of the molecule is CCCNC(=O)c1ccc2c(c1)nc(N1CCC(CO)C(O)C1)n2C1CCCCC1. The molecule has 1 amide bonds. The van der Waals surface area contributed by atoms with E-state index in [4.69, 9.17) is 4.98 Å². The molecule has 4 rings (SSSR count). The summed E-state index contributed by atoms with van der Waals surface area (Å²) in [6.45, 7) is 3.96. The summed E-state index contributed by atoms with van der Waals surface area (Å²) in [5, 5.41) is 22.9. The highest BCUT2D eigenvalue weighted by molar-refractivity contribution is 5.97. The first-order chi connectivity index (χ1) is 14.6. The average Bonchev–Trinajstić information content (AvgIpc) is 3.16. The zero-order valence-corrected chi connectivity index (χ0v) is 17.9. The average molecular weight is 415 g/mol.